The highest BCUT2D eigenvalue weighted by Crippen LogP contribution is 2.32. The second kappa shape index (κ2) is 5.24. The number of hydrogen-bond acceptors (Lipinski definition) is 2. The molecule has 108 valence electrons. The molecule has 2 aromatic carbocycles. The fraction of sp³-hybridized carbons (Fsp3) is 0.188. The second-order valence-corrected chi connectivity index (χ2v) is 4.83. The van der Waals surface area contributed by atoms with E-state index in [1.807, 2.05) is 30.3 Å². The summed E-state index contributed by atoms with van der Waals surface area (Å²) in [7, 11) is 0. The van der Waals surface area contributed by atoms with Crippen LogP contribution in [0.3, 0.4) is 0 Å². The molecule has 3 rings (SSSR count). The Hall–Kier alpha value is -2.30. The average molecular weight is 290 g/mol. The van der Waals surface area contributed by atoms with Crippen LogP contribution in [0.2, 0.25) is 0 Å². The lowest BCUT2D eigenvalue weighted by Gasteiger charge is -2.15. The molecule has 21 heavy (non-hydrogen) atoms. The van der Waals surface area contributed by atoms with Crippen LogP contribution < -0.4 is 5.01 Å². The van der Waals surface area contributed by atoms with E-state index in [1.165, 1.54) is 6.07 Å². The second-order valence-electron chi connectivity index (χ2n) is 4.83. The largest absolute Gasteiger partial charge is 0.416 e. The lowest BCUT2D eigenvalue weighted by atomic mass is 10.1. The first kappa shape index (κ1) is 13.7. The van der Waals surface area contributed by atoms with Crippen molar-refractivity contribution in [2.75, 3.05) is 11.6 Å². The van der Waals surface area contributed by atoms with Crippen molar-refractivity contribution < 1.29 is 13.2 Å². The molecule has 1 aliphatic heterocycles. The summed E-state index contributed by atoms with van der Waals surface area (Å²) in [6.45, 7) is 0.589. The Morgan fingerprint density at radius 2 is 1.71 bits per heavy atom. The minimum absolute atomic E-state index is 0.468. The SMILES string of the molecule is FC(F)(F)c1cccc(N2CCC(c3ccccc3)=N2)c1. The van der Waals surface area contributed by atoms with E-state index in [2.05, 4.69) is 5.10 Å². The Balaban J connectivity index is 1.88. The van der Waals surface area contributed by atoms with Gasteiger partial charge in [0.25, 0.3) is 0 Å². The number of anilines is 1. The predicted octanol–water partition coefficient (Wildman–Crippen LogP) is 4.32. The van der Waals surface area contributed by atoms with E-state index >= 15 is 0 Å². The van der Waals surface area contributed by atoms with Crippen LogP contribution >= 0.6 is 0 Å². The first-order chi connectivity index (χ1) is 10.0. The summed E-state index contributed by atoms with van der Waals surface area (Å²) < 4.78 is 38.2. The summed E-state index contributed by atoms with van der Waals surface area (Å²) in [6.07, 6.45) is -3.61. The number of rotatable bonds is 2. The maximum Gasteiger partial charge on any atom is 0.416 e. The van der Waals surface area contributed by atoms with E-state index in [1.54, 1.807) is 11.1 Å². The first-order valence-corrected chi connectivity index (χ1v) is 6.62. The van der Waals surface area contributed by atoms with Gasteiger partial charge in [-0.2, -0.15) is 18.3 Å². The maximum atomic E-state index is 12.7. The van der Waals surface area contributed by atoms with E-state index in [4.69, 9.17) is 0 Å². The molecule has 0 N–H and O–H groups in total. The van der Waals surface area contributed by atoms with Gasteiger partial charge in [0, 0.05) is 13.0 Å². The van der Waals surface area contributed by atoms with E-state index in [0.29, 0.717) is 12.2 Å². The molecule has 1 heterocycles. The van der Waals surface area contributed by atoms with E-state index in [-0.39, 0.29) is 0 Å². The zero-order valence-electron chi connectivity index (χ0n) is 11.1. The van der Waals surface area contributed by atoms with Gasteiger partial charge in [0.05, 0.1) is 17.0 Å². The van der Waals surface area contributed by atoms with Crippen LogP contribution in [0.5, 0.6) is 0 Å². The molecule has 0 aromatic heterocycles. The highest BCUT2D eigenvalue weighted by molar-refractivity contribution is 6.02. The van der Waals surface area contributed by atoms with E-state index in [0.717, 1.165) is 29.8 Å². The third-order valence-corrected chi connectivity index (χ3v) is 3.38. The van der Waals surface area contributed by atoms with E-state index < -0.39 is 11.7 Å². The molecule has 0 aliphatic carbocycles. The van der Waals surface area contributed by atoms with Gasteiger partial charge in [-0.25, -0.2) is 0 Å². The van der Waals surface area contributed by atoms with Gasteiger partial charge >= 0.3 is 6.18 Å². The summed E-state index contributed by atoms with van der Waals surface area (Å²) in [5.41, 5.74) is 1.72. The maximum absolute atomic E-state index is 12.7. The van der Waals surface area contributed by atoms with Gasteiger partial charge in [-0.1, -0.05) is 36.4 Å². The van der Waals surface area contributed by atoms with Crippen molar-refractivity contribution in [3.8, 4) is 0 Å². The molecule has 0 amide bonds. The van der Waals surface area contributed by atoms with Crippen molar-refractivity contribution in [2.24, 2.45) is 5.10 Å². The molecule has 0 atom stereocenters. The zero-order valence-corrected chi connectivity index (χ0v) is 11.1. The quantitative estimate of drug-likeness (QED) is 0.804. The van der Waals surface area contributed by atoms with Gasteiger partial charge in [0.15, 0.2) is 0 Å². The van der Waals surface area contributed by atoms with Crippen molar-refractivity contribution in [1.82, 2.24) is 0 Å². The topological polar surface area (TPSA) is 15.6 Å². The van der Waals surface area contributed by atoms with Gasteiger partial charge in [0.2, 0.25) is 0 Å². The molecular formula is C16H13F3N2. The number of hydrogen-bond donors (Lipinski definition) is 0. The van der Waals surface area contributed by atoms with Gasteiger partial charge in [-0.15, -0.1) is 0 Å². The van der Waals surface area contributed by atoms with Gasteiger partial charge < -0.3 is 0 Å². The van der Waals surface area contributed by atoms with Crippen LogP contribution in [0.25, 0.3) is 0 Å². The molecule has 0 spiro atoms. The predicted molar refractivity (Wildman–Crippen MR) is 76.4 cm³/mol. The summed E-state index contributed by atoms with van der Waals surface area (Å²) in [6, 6.07) is 14.9. The first-order valence-electron chi connectivity index (χ1n) is 6.62. The lowest BCUT2D eigenvalue weighted by Crippen LogP contribution is -2.13. The molecule has 0 bridgehead atoms. The zero-order chi connectivity index (χ0) is 14.9. The molecule has 1 aliphatic rings. The molecule has 0 unspecified atom stereocenters. The number of alkyl halides is 3. The molecule has 0 fully saturated rings. The third kappa shape index (κ3) is 2.91. The number of nitrogens with zero attached hydrogens (tertiary/aromatic N) is 2. The Morgan fingerprint density at radius 1 is 0.952 bits per heavy atom. The van der Waals surface area contributed by atoms with Crippen LogP contribution in [0.1, 0.15) is 17.5 Å². The fourth-order valence-electron chi connectivity index (χ4n) is 2.32. The average Bonchev–Trinajstić information content (AvgIpc) is 2.97. The highest BCUT2D eigenvalue weighted by Gasteiger charge is 2.31. The lowest BCUT2D eigenvalue weighted by molar-refractivity contribution is -0.137. The van der Waals surface area contributed by atoms with Crippen molar-refractivity contribution in [1.29, 1.82) is 0 Å². The van der Waals surface area contributed by atoms with Crippen LogP contribution in [-0.2, 0) is 6.18 Å². The minimum Gasteiger partial charge on any atom is -0.265 e. The monoisotopic (exact) mass is 290 g/mol. The Bertz CT molecular complexity index is 663. The summed E-state index contributed by atoms with van der Waals surface area (Å²) in [5.74, 6) is 0. The summed E-state index contributed by atoms with van der Waals surface area (Å²) in [5, 5.41) is 6.06. The van der Waals surface area contributed by atoms with Gasteiger partial charge in [0.1, 0.15) is 0 Å². The molecule has 0 saturated heterocycles. The molecule has 0 radical (unpaired) electrons. The number of benzene rings is 2. The standard InChI is InChI=1S/C16H13F3N2/c17-16(18,19)13-7-4-8-14(11-13)21-10-9-15(20-21)12-5-2-1-3-6-12/h1-8,11H,9-10H2. The Kier molecular flexibility index (Phi) is 3.41. The van der Waals surface area contributed by atoms with Gasteiger partial charge in [-0.3, -0.25) is 5.01 Å². The number of hydrazone groups is 1. The van der Waals surface area contributed by atoms with Gasteiger partial charge in [-0.05, 0) is 23.8 Å². The molecule has 2 aromatic rings. The fourth-order valence-corrected chi connectivity index (χ4v) is 2.32. The van der Waals surface area contributed by atoms with Crippen LogP contribution in [0, 0.1) is 0 Å². The molecule has 2 nitrogen and oxygen atoms in total. The smallest absolute Gasteiger partial charge is 0.265 e. The van der Waals surface area contributed by atoms with Crippen molar-refractivity contribution >= 4 is 11.4 Å². The van der Waals surface area contributed by atoms with Crippen molar-refractivity contribution in [3.05, 3.63) is 65.7 Å². The minimum atomic E-state index is -4.33. The number of halogens is 3. The van der Waals surface area contributed by atoms with Crippen LogP contribution in [0.4, 0.5) is 18.9 Å². The molecule has 5 heteroatoms. The third-order valence-electron chi connectivity index (χ3n) is 3.38. The summed E-state index contributed by atoms with van der Waals surface area (Å²) >= 11 is 0. The van der Waals surface area contributed by atoms with Crippen molar-refractivity contribution in [3.63, 3.8) is 0 Å². The van der Waals surface area contributed by atoms with E-state index in [9.17, 15) is 13.2 Å². The Labute approximate surface area is 120 Å². The Morgan fingerprint density at radius 3 is 2.43 bits per heavy atom. The molecule has 0 saturated carbocycles. The summed E-state index contributed by atoms with van der Waals surface area (Å²) in [4.78, 5) is 0. The highest BCUT2D eigenvalue weighted by atomic mass is 19.4. The van der Waals surface area contributed by atoms with Crippen LogP contribution in [0.15, 0.2) is 59.7 Å². The molecular weight excluding hydrogens is 277 g/mol. The van der Waals surface area contributed by atoms with Crippen molar-refractivity contribution in [2.45, 2.75) is 12.6 Å². The normalized spacial score (nSPS) is 15.2. The van der Waals surface area contributed by atoms with Crippen LogP contribution in [-0.4, -0.2) is 12.3 Å².